The zero-order valence-electron chi connectivity index (χ0n) is 11.0. The lowest BCUT2D eigenvalue weighted by atomic mass is 10.2. The van der Waals surface area contributed by atoms with Gasteiger partial charge in [0.25, 0.3) is 0 Å². The third kappa shape index (κ3) is 3.71. The average molecular weight is 274 g/mol. The largest absolute Gasteiger partial charge is 0.504 e. The van der Waals surface area contributed by atoms with E-state index in [0.29, 0.717) is 18.0 Å². The van der Waals surface area contributed by atoms with E-state index in [1.54, 1.807) is 36.5 Å². The lowest BCUT2D eigenvalue weighted by Gasteiger charge is -2.06. The van der Waals surface area contributed by atoms with E-state index in [4.69, 9.17) is 4.74 Å². The van der Waals surface area contributed by atoms with Crippen molar-refractivity contribution >= 4 is 11.9 Å². The first-order chi connectivity index (χ1) is 9.69. The van der Waals surface area contributed by atoms with E-state index in [1.165, 1.54) is 12.1 Å². The fourth-order valence-electron chi connectivity index (χ4n) is 1.59. The summed E-state index contributed by atoms with van der Waals surface area (Å²) in [4.78, 5) is 0. The number of phenolic OH excluding ortho intramolecular Hbond substituents is 1. The van der Waals surface area contributed by atoms with E-state index < -0.39 is 0 Å². The molecule has 2 aromatic rings. The van der Waals surface area contributed by atoms with Gasteiger partial charge in [0.1, 0.15) is 5.82 Å². The Labute approximate surface area is 116 Å². The van der Waals surface area contributed by atoms with E-state index in [0.717, 1.165) is 5.56 Å². The van der Waals surface area contributed by atoms with Crippen molar-refractivity contribution in [2.45, 2.75) is 6.92 Å². The van der Waals surface area contributed by atoms with Crippen molar-refractivity contribution in [3.8, 4) is 11.5 Å². The predicted octanol–water partition coefficient (Wildman–Crippen LogP) is 3.38. The second-order valence-corrected chi connectivity index (χ2v) is 4.04. The molecule has 0 bridgehead atoms. The van der Waals surface area contributed by atoms with Crippen LogP contribution in [0.25, 0.3) is 0 Å². The number of anilines is 1. The molecule has 0 heterocycles. The zero-order chi connectivity index (χ0) is 14.4. The van der Waals surface area contributed by atoms with Gasteiger partial charge in [-0.3, -0.25) is 5.43 Å². The molecule has 0 amide bonds. The number of hydrogen-bond donors (Lipinski definition) is 2. The summed E-state index contributed by atoms with van der Waals surface area (Å²) in [5.41, 5.74) is 4.25. The van der Waals surface area contributed by atoms with Crippen LogP contribution in [0.3, 0.4) is 0 Å². The summed E-state index contributed by atoms with van der Waals surface area (Å²) in [7, 11) is 0. The van der Waals surface area contributed by atoms with Crippen LogP contribution in [0.2, 0.25) is 0 Å². The molecule has 0 spiro atoms. The molecule has 0 saturated heterocycles. The lowest BCUT2D eigenvalue weighted by molar-refractivity contribution is 0.318. The highest BCUT2D eigenvalue weighted by Gasteiger charge is 2.01. The summed E-state index contributed by atoms with van der Waals surface area (Å²) in [6.45, 7) is 2.32. The molecule has 4 nitrogen and oxygen atoms in total. The number of nitrogens with one attached hydrogen (secondary N) is 1. The van der Waals surface area contributed by atoms with Crippen LogP contribution in [-0.2, 0) is 0 Å². The first kappa shape index (κ1) is 13.9. The van der Waals surface area contributed by atoms with E-state index in [1.807, 2.05) is 6.92 Å². The number of hydrogen-bond acceptors (Lipinski definition) is 4. The summed E-state index contributed by atoms with van der Waals surface area (Å²) in [5.74, 6) is 0.216. The number of aromatic hydroxyl groups is 1. The summed E-state index contributed by atoms with van der Waals surface area (Å²) in [5, 5.41) is 13.6. The van der Waals surface area contributed by atoms with Gasteiger partial charge in [-0.05, 0) is 55.0 Å². The van der Waals surface area contributed by atoms with Crippen LogP contribution in [0.1, 0.15) is 12.5 Å². The van der Waals surface area contributed by atoms with Gasteiger partial charge in [-0.15, -0.1) is 0 Å². The van der Waals surface area contributed by atoms with Gasteiger partial charge in [0.2, 0.25) is 0 Å². The Kier molecular flexibility index (Phi) is 4.55. The molecule has 0 aromatic heterocycles. The molecule has 0 aliphatic rings. The first-order valence-corrected chi connectivity index (χ1v) is 6.19. The molecule has 0 saturated carbocycles. The minimum absolute atomic E-state index is 0.0930. The van der Waals surface area contributed by atoms with Crippen molar-refractivity contribution in [1.82, 2.24) is 0 Å². The Morgan fingerprint density at radius 3 is 2.70 bits per heavy atom. The maximum absolute atomic E-state index is 12.7. The van der Waals surface area contributed by atoms with Gasteiger partial charge in [-0.1, -0.05) is 0 Å². The van der Waals surface area contributed by atoms with Crippen molar-refractivity contribution in [1.29, 1.82) is 0 Å². The fourth-order valence-corrected chi connectivity index (χ4v) is 1.59. The second-order valence-electron chi connectivity index (χ2n) is 4.04. The van der Waals surface area contributed by atoms with E-state index in [-0.39, 0.29) is 11.6 Å². The Morgan fingerprint density at radius 1 is 1.25 bits per heavy atom. The highest BCUT2D eigenvalue weighted by Crippen LogP contribution is 2.26. The fraction of sp³-hybridized carbons (Fsp3) is 0.133. The number of rotatable bonds is 5. The van der Waals surface area contributed by atoms with Gasteiger partial charge in [-0.25, -0.2) is 4.39 Å². The van der Waals surface area contributed by atoms with Crippen LogP contribution in [0.5, 0.6) is 11.5 Å². The Hall–Kier alpha value is -2.56. The first-order valence-electron chi connectivity index (χ1n) is 6.19. The maximum atomic E-state index is 12.7. The van der Waals surface area contributed by atoms with Gasteiger partial charge < -0.3 is 9.84 Å². The smallest absolute Gasteiger partial charge is 0.161 e. The van der Waals surface area contributed by atoms with Gasteiger partial charge >= 0.3 is 0 Å². The van der Waals surface area contributed by atoms with Crippen molar-refractivity contribution in [2.24, 2.45) is 5.10 Å². The van der Waals surface area contributed by atoms with Crippen molar-refractivity contribution < 1.29 is 14.2 Å². The lowest BCUT2D eigenvalue weighted by Crippen LogP contribution is -1.94. The number of phenols is 1. The molecular formula is C15H15FN2O2. The SMILES string of the molecule is CCOc1cc(C=NNc2ccc(F)cc2)ccc1O. The average Bonchev–Trinajstić information content (AvgIpc) is 2.45. The summed E-state index contributed by atoms with van der Waals surface area (Å²) in [6.07, 6.45) is 1.59. The molecule has 104 valence electrons. The predicted molar refractivity (Wildman–Crippen MR) is 76.9 cm³/mol. The van der Waals surface area contributed by atoms with Gasteiger partial charge in [0, 0.05) is 0 Å². The van der Waals surface area contributed by atoms with Crippen LogP contribution in [0, 0.1) is 5.82 Å². The van der Waals surface area contributed by atoms with Crippen LogP contribution in [0.15, 0.2) is 47.6 Å². The molecule has 5 heteroatoms. The Morgan fingerprint density at radius 2 is 2.00 bits per heavy atom. The number of hydrazone groups is 1. The van der Waals surface area contributed by atoms with Crippen molar-refractivity contribution in [2.75, 3.05) is 12.0 Å². The third-order valence-electron chi connectivity index (χ3n) is 2.54. The molecule has 0 radical (unpaired) electrons. The van der Waals surface area contributed by atoms with Crippen LogP contribution >= 0.6 is 0 Å². The van der Waals surface area contributed by atoms with Crippen LogP contribution in [0.4, 0.5) is 10.1 Å². The molecule has 0 fully saturated rings. The molecule has 2 aromatic carbocycles. The highest BCUT2D eigenvalue weighted by molar-refractivity contribution is 5.81. The topological polar surface area (TPSA) is 53.8 Å². The molecule has 0 aliphatic carbocycles. The Bertz CT molecular complexity index is 597. The molecule has 0 atom stereocenters. The molecule has 2 N–H and O–H groups in total. The molecule has 20 heavy (non-hydrogen) atoms. The van der Waals surface area contributed by atoms with E-state index in [9.17, 15) is 9.50 Å². The third-order valence-corrected chi connectivity index (χ3v) is 2.54. The molecule has 0 unspecified atom stereocenters. The maximum Gasteiger partial charge on any atom is 0.161 e. The van der Waals surface area contributed by atoms with Gasteiger partial charge in [0.15, 0.2) is 11.5 Å². The van der Waals surface area contributed by atoms with Crippen molar-refractivity contribution in [3.63, 3.8) is 0 Å². The Balaban J connectivity index is 2.03. The van der Waals surface area contributed by atoms with Crippen LogP contribution in [-0.4, -0.2) is 17.9 Å². The molecule has 2 rings (SSSR count). The summed E-state index contributed by atoms with van der Waals surface area (Å²) in [6, 6.07) is 10.8. The van der Waals surface area contributed by atoms with E-state index >= 15 is 0 Å². The number of ether oxygens (including phenoxy) is 1. The number of halogens is 1. The van der Waals surface area contributed by atoms with E-state index in [2.05, 4.69) is 10.5 Å². The van der Waals surface area contributed by atoms with Crippen LogP contribution < -0.4 is 10.2 Å². The molecular weight excluding hydrogens is 259 g/mol. The number of nitrogens with zero attached hydrogens (tertiary/aromatic N) is 1. The van der Waals surface area contributed by atoms with Gasteiger partial charge in [-0.2, -0.15) is 5.10 Å². The highest BCUT2D eigenvalue weighted by atomic mass is 19.1. The molecule has 0 aliphatic heterocycles. The number of benzene rings is 2. The standard InChI is InChI=1S/C15H15FN2O2/c1-2-20-15-9-11(3-8-14(15)19)10-17-18-13-6-4-12(16)5-7-13/h3-10,18-19H,2H2,1H3. The monoisotopic (exact) mass is 274 g/mol. The van der Waals surface area contributed by atoms with Crippen molar-refractivity contribution in [3.05, 3.63) is 53.8 Å². The minimum Gasteiger partial charge on any atom is -0.504 e. The quantitative estimate of drug-likeness (QED) is 0.649. The summed E-state index contributed by atoms with van der Waals surface area (Å²) >= 11 is 0. The minimum atomic E-state index is -0.292. The normalized spacial score (nSPS) is 10.7. The summed E-state index contributed by atoms with van der Waals surface area (Å²) < 4.78 is 18.0. The second kappa shape index (κ2) is 6.56. The zero-order valence-corrected chi connectivity index (χ0v) is 11.0. The van der Waals surface area contributed by atoms with Gasteiger partial charge in [0.05, 0.1) is 18.5 Å².